The average molecular weight is 334 g/mol. The first kappa shape index (κ1) is 16.4. The van der Waals surface area contributed by atoms with Crippen molar-refractivity contribution < 1.29 is 24.2 Å². The number of fused-ring (bicyclic) bond motifs is 1. The summed E-state index contributed by atoms with van der Waals surface area (Å²) in [5.74, 6) is 0.625. The minimum Gasteiger partial charge on any atom is -0.486 e. The second-order valence-corrected chi connectivity index (χ2v) is 5.98. The number of carboxylic acid groups (broad SMARTS) is 1. The van der Waals surface area contributed by atoms with Crippen LogP contribution in [-0.4, -0.2) is 48.3 Å². The molecule has 2 aliphatic rings. The molecule has 2 amide bonds. The third-order valence-corrected chi connectivity index (χ3v) is 4.31. The summed E-state index contributed by atoms with van der Waals surface area (Å²) in [4.78, 5) is 24.7. The van der Waals surface area contributed by atoms with Gasteiger partial charge >= 0.3 is 12.0 Å². The van der Waals surface area contributed by atoms with Gasteiger partial charge in [0, 0.05) is 19.5 Å². The molecular weight excluding hydrogens is 312 g/mol. The lowest BCUT2D eigenvalue weighted by molar-refractivity contribution is -0.137. The van der Waals surface area contributed by atoms with Gasteiger partial charge in [0.15, 0.2) is 11.5 Å². The smallest absolute Gasteiger partial charge is 0.317 e. The molecule has 1 saturated heterocycles. The second kappa shape index (κ2) is 7.42. The van der Waals surface area contributed by atoms with Crippen molar-refractivity contribution in [2.75, 3.05) is 26.3 Å². The van der Waals surface area contributed by atoms with E-state index in [2.05, 4.69) is 5.32 Å². The molecule has 24 heavy (non-hydrogen) atoms. The zero-order valence-corrected chi connectivity index (χ0v) is 13.5. The summed E-state index contributed by atoms with van der Waals surface area (Å²) in [6, 6.07) is 5.70. The van der Waals surface area contributed by atoms with Crippen molar-refractivity contribution in [3.63, 3.8) is 0 Å². The van der Waals surface area contributed by atoms with Gasteiger partial charge in [-0.25, -0.2) is 4.79 Å². The Balaban J connectivity index is 1.62. The molecule has 3 rings (SSSR count). The third kappa shape index (κ3) is 3.72. The molecule has 2 aliphatic heterocycles. The molecule has 1 fully saturated rings. The Morgan fingerprint density at radius 2 is 2.04 bits per heavy atom. The summed E-state index contributed by atoms with van der Waals surface area (Å²) >= 11 is 0. The summed E-state index contributed by atoms with van der Waals surface area (Å²) in [5.41, 5.74) is 1.04. The predicted molar refractivity (Wildman–Crippen MR) is 86.4 cm³/mol. The van der Waals surface area contributed by atoms with Crippen molar-refractivity contribution in [1.82, 2.24) is 10.2 Å². The van der Waals surface area contributed by atoms with Crippen molar-refractivity contribution in [1.29, 1.82) is 0 Å². The first-order valence-corrected chi connectivity index (χ1v) is 8.31. The molecule has 0 saturated carbocycles. The second-order valence-electron chi connectivity index (χ2n) is 5.98. The Bertz CT molecular complexity index is 619. The van der Waals surface area contributed by atoms with Crippen LogP contribution in [0.15, 0.2) is 18.2 Å². The highest BCUT2D eigenvalue weighted by Crippen LogP contribution is 2.37. The summed E-state index contributed by atoms with van der Waals surface area (Å²) in [6.45, 7) is 2.16. The number of carbonyl (C=O) groups is 2. The fraction of sp³-hybridized carbons (Fsp3) is 0.529. The number of benzene rings is 1. The Labute approximate surface area is 140 Å². The van der Waals surface area contributed by atoms with Gasteiger partial charge in [-0.2, -0.15) is 0 Å². The van der Waals surface area contributed by atoms with Crippen molar-refractivity contribution >= 4 is 12.0 Å². The molecule has 0 radical (unpaired) electrons. The number of hydrogen-bond donors (Lipinski definition) is 2. The van der Waals surface area contributed by atoms with E-state index in [1.807, 2.05) is 23.1 Å². The number of amides is 2. The molecule has 0 aliphatic carbocycles. The fourth-order valence-electron chi connectivity index (χ4n) is 3.16. The molecule has 7 nitrogen and oxygen atoms in total. The molecule has 1 aromatic carbocycles. The van der Waals surface area contributed by atoms with Gasteiger partial charge in [-0.05, 0) is 37.0 Å². The summed E-state index contributed by atoms with van der Waals surface area (Å²) < 4.78 is 11.2. The van der Waals surface area contributed by atoms with E-state index in [-0.39, 0.29) is 18.5 Å². The maximum Gasteiger partial charge on any atom is 0.317 e. The summed E-state index contributed by atoms with van der Waals surface area (Å²) in [6.07, 6.45) is 2.35. The Kier molecular flexibility index (Phi) is 5.08. The van der Waals surface area contributed by atoms with Crippen molar-refractivity contribution in [3.05, 3.63) is 23.8 Å². The van der Waals surface area contributed by atoms with Gasteiger partial charge in [0.2, 0.25) is 0 Å². The van der Waals surface area contributed by atoms with Crippen molar-refractivity contribution in [2.45, 2.75) is 31.7 Å². The lowest BCUT2D eigenvalue weighted by Gasteiger charge is -2.27. The van der Waals surface area contributed by atoms with Gasteiger partial charge in [-0.3, -0.25) is 4.79 Å². The maximum absolute atomic E-state index is 12.4. The fourth-order valence-corrected chi connectivity index (χ4v) is 3.16. The van der Waals surface area contributed by atoms with E-state index in [1.54, 1.807) is 0 Å². The van der Waals surface area contributed by atoms with E-state index in [1.165, 1.54) is 0 Å². The molecule has 0 bridgehead atoms. The first-order valence-electron chi connectivity index (χ1n) is 8.31. The van der Waals surface area contributed by atoms with Gasteiger partial charge in [0.05, 0.1) is 6.04 Å². The molecule has 1 unspecified atom stereocenters. The molecule has 2 N–H and O–H groups in total. The minimum atomic E-state index is -0.848. The molecular formula is C17H22N2O5. The number of carboxylic acids is 1. The first-order chi connectivity index (χ1) is 11.6. The minimum absolute atomic E-state index is 0.0142. The number of urea groups is 1. The van der Waals surface area contributed by atoms with Crippen LogP contribution in [0.2, 0.25) is 0 Å². The number of rotatable bonds is 5. The van der Waals surface area contributed by atoms with E-state index in [0.717, 1.165) is 29.9 Å². The zero-order chi connectivity index (χ0) is 16.9. The number of carbonyl (C=O) groups excluding carboxylic acids is 1. The molecule has 130 valence electrons. The molecule has 0 spiro atoms. The van der Waals surface area contributed by atoms with Crippen LogP contribution in [0.3, 0.4) is 0 Å². The van der Waals surface area contributed by atoms with Crippen LogP contribution >= 0.6 is 0 Å². The number of nitrogens with zero attached hydrogens (tertiary/aromatic N) is 1. The Morgan fingerprint density at radius 3 is 2.83 bits per heavy atom. The standard InChI is InChI=1S/C17H22N2O5/c20-16(21)4-1-7-18-17(22)19-8-2-3-13(19)12-5-6-14-15(11-12)24-10-9-23-14/h5-6,11,13H,1-4,7-10H2,(H,18,22)(H,20,21). The van der Waals surface area contributed by atoms with Gasteiger partial charge in [0.1, 0.15) is 13.2 Å². The maximum atomic E-state index is 12.4. The topological polar surface area (TPSA) is 88.1 Å². The summed E-state index contributed by atoms with van der Waals surface area (Å²) in [5, 5.41) is 11.4. The van der Waals surface area contributed by atoms with Crippen LogP contribution in [0, 0.1) is 0 Å². The van der Waals surface area contributed by atoms with Gasteiger partial charge in [-0.1, -0.05) is 6.07 Å². The Morgan fingerprint density at radius 1 is 1.25 bits per heavy atom. The van der Waals surface area contributed by atoms with Crippen LogP contribution in [0.25, 0.3) is 0 Å². The largest absolute Gasteiger partial charge is 0.486 e. The van der Waals surface area contributed by atoms with E-state index < -0.39 is 5.97 Å². The predicted octanol–water partition coefficient (Wildman–Crippen LogP) is 2.17. The highest BCUT2D eigenvalue weighted by atomic mass is 16.6. The third-order valence-electron chi connectivity index (χ3n) is 4.31. The van der Waals surface area contributed by atoms with Crippen LogP contribution in [0.5, 0.6) is 11.5 Å². The molecule has 2 heterocycles. The lowest BCUT2D eigenvalue weighted by atomic mass is 10.0. The molecule has 1 aromatic rings. The molecule has 7 heteroatoms. The van der Waals surface area contributed by atoms with Crippen LogP contribution in [0.4, 0.5) is 4.79 Å². The SMILES string of the molecule is O=C(O)CCCNC(=O)N1CCCC1c1ccc2c(c1)OCCO2. The quantitative estimate of drug-likeness (QED) is 0.806. The number of ether oxygens (including phenoxy) is 2. The molecule has 1 atom stereocenters. The van der Waals surface area contributed by atoms with Crippen molar-refractivity contribution in [3.8, 4) is 11.5 Å². The Hall–Kier alpha value is -2.44. The van der Waals surface area contributed by atoms with Crippen LogP contribution < -0.4 is 14.8 Å². The van der Waals surface area contributed by atoms with Gasteiger partial charge in [-0.15, -0.1) is 0 Å². The van der Waals surface area contributed by atoms with Crippen LogP contribution in [-0.2, 0) is 4.79 Å². The van der Waals surface area contributed by atoms with E-state index in [9.17, 15) is 9.59 Å². The van der Waals surface area contributed by atoms with E-state index in [4.69, 9.17) is 14.6 Å². The number of likely N-dealkylation sites (tertiary alicyclic amines) is 1. The van der Waals surface area contributed by atoms with E-state index in [0.29, 0.717) is 32.7 Å². The van der Waals surface area contributed by atoms with Crippen LogP contribution in [0.1, 0.15) is 37.3 Å². The molecule has 0 aromatic heterocycles. The van der Waals surface area contributed by atoms with Gasteiger partial charge in [0.25, 0.3) is 0 Å². The normalized spacial score (nSPS) is 19.2. The number of nitrogens with one attached hydrogen (secondary N) is 1. The van der Waals surface area contributed by atoms with Crippen molar-refractivity contribution in [2.24, 2.45) is 0 Å². The number of aliphatic carboxylic acids is 1. The monoisotopic (exact) mass is 334 g/mol. The lowest BCUT2D eigenvalue weighted by Crippen LogP contribution is -2.40. The van der Waals surface area contributed by atoms with Gasteiger partial charge < -0.3 is 24.8 Å². The average Bonchev–Trinajstić information content (AvgIpc) is 3.07. The highest BCUT2D eigenvalue weighted by molar-refractivity contribution is 5.75. The highest BCUT2D eigenvalue weighted by Gasteiger charge is 2.30. The number of hydrogen-bond acceptors (Lipinski definition) is 4. The summed E-state index contributed by atoms with van der Waals surface area (Å²) in [7, 11) is 0. The zero-order valence-electron chi connectivity index (χ0n) is 13.5. The van der Waals surface area contributed by atoms with E-state index >= 15 is 0 Å².